The Hall–Kier alpha value is -2.25. The second-order valence-electron chi connectivity index (χ2n) is 6.10. The van der Waals surface area contributed by atoms with Crippen molar-refractivity contribution in [3.63, 3.8) is 0 Å². The highest BCUT2D eigenvalue weighted by Crippen LogP contribution is 2.26. The summed E-state index contributed by atoms with van der Waals surface area (Å²) < 4.78 is 26.4. The molecule has 0 saturated carbocycles. The molecule has 6 nitrogen and oxygen atoms in total. The molecule has 0 saturated heterocycles. The first kappa shape index (κ1) is 19.1. The fourth-order valence-electron chi connectivity index (χ4n) is 2.44. The van der Waals surface area contributed by atoms with Gasteiger partial charge in [-0.25, -0.2) is 18.6 Å². The van der Waals surface area contributed by atoms with Gasteiger partial charge in [0.2, 0.25) is 10.0 Å². The molecule has 7 heteroatoms. The number of amides is 1. The summed E-state index contributed by atoms with van der Waals surface area (Å²) in [5.74, 6) is -0.201. The number of hydrogen-bond acceptors (Lipinski definition) is 4. The summed E-state index contributed by atoms with van der Waals surface area (Å²) in [6, 6.07) is 7.90. The number of carbonyl (C=O) groups is 1. The van der Waals surface area contributed by atoms with Crippen LogP contribution in [0.2, 0.25) is 0 Å². The maximum absolute atomic E-state index is 12.1. The van der Waals surface area contributed by atoms with Gasteiger partial charge in [0.25, 0.3) is 5.91 Å². The van der Waals surface area contributed by atoms with Crippen LogP contribution < -0.4 is 10.1 Å². The van der Waals surface area contributed by atoms with E-state index in [0.29, 0.717) is 12.3 Å². The lowest BCUT2D eigenvalue weighted by Gasteiger charge is -2.22. The molecule has 25 heavy (non-hydrogen) atoms. The Kier molecular flexibility index (Phi) is 6.27. The van der Waals surface area contributed by atoms with Gasteiger partial charge in [-0.05, 0) is 50.3 Å². The highest BCUT2D eigenvalue weighted by molar-refractivity contribution is 7.89. The van der Waals surface area contributed by atoms with Crippen LogP contribution in [-0.4, -0.2) is 26.6 Å². The van der Waals surface area contributed by atoms with Crippen molar-refractivity contribution in [3.05, 3.63) is 54.1 Å². The monoisotopic (exact) mass is 361 g/mol. The molecule has 0 spiro atoms. The van der Waals surface area contributed by atoms with Crippen LogP contribution in [0.5, 0.6) is 0 Å². The Balaban J connectivity index is 1.93. The first-order valence-corrected chi connectivity index (χ1v) is 9.50. The second kappa shape index (κ2) is 8.22. The van der Waals surface area contributed by atoms with Crippen molar-refractivity contribution < 1.29 is 13.2 Å². The zero-order valence-electron chi connectivity index (χ0n) is 14.5. The van der Waals surface area contributed by atoms with Crippen molar-refractivity contribution in [2.75, 3.05) is 6.54 Å². The minimum absolute atomic E-state index is 0.115. The van der Waals surface area contributed by atoms with E-state index in [1.54, 1.807) is 18.2 Å². The predicted octanol–water partition coefficient (Wildman–Crippen LogP) is 2.37. The van der Waals surface area contributed by atoms with Crippen molar-refractivity contribution in [1.29, 1.82) is 0 Å². The van der Waals surface area contributed by atoms with Crippen LogP contribution >= 0.6 is 0 Å². The third-order valence-corrected chi connectivity index (χ3v) is 5.51. The van der Waals surface area contributed by atoms with E-state index in [1.165, 1.54) is 12.1 Å². The molecule has 1 aromatic carbocycles. The number of rotatable bonds is 6. The highest BCUT2D eigenvalue weighted by Gasteiger charge is 2.19. The van der Waals surface area contributed by atoms with Crippen molar-refractivity contribution >= 4 is 21.6 Å². The zero-order valence-corrected chi connectivity index (χ0v) is 15.3. The van der Waals surface area contributed by atoms with E-state index in [1.807, 2.05) is 13.8 Å². The smallest absolute Gasteiger partial charge is 0.255 e. The maximum Gasteiger partial charge on any atom is 0.255 e. The Bertz CT molecular complexity index is 811. The van der Waals surface area contributed by atoms with Crippen LogP contribution in [0.3, 0.4) is 0 Å². The quantitative estimate of drug-likeness (QED) is 0.602. The molecular weight excluding hydrogens is 338 g/mol. The lowest BCUT2D eigenvalue weighted by Crippen LogP contribution is -2.35. The van der Waals surface area contributed by atoms with Gasteiger partial charge in [-0.3, -0.25) is 4.79 Å². The van der Waals surface area contributed by atoms with Gasteiger partial charge in [0.05, 0.1) is 17.2 Å². The second-order valence-corrected chi connectivity index (χ2v) is 7.87. The molecule has 0 radical (unpaired) electrons. The van der Waals surface area contributed by atoms with Gasteiger partial charge in [-0.1, -0.05) is 36.4 Å². The number of hydrogen-bond donors (Lipinski definition) is 2. The molecule has 0 aliphatic heterocycles. The van der Waals surface area contributed by atoms with Gasteiger partial charge in [-0.15, -0.1) is 0 Å². The lowest BCUT2D eigenvalue weighted by molar-refractivity contribution is -0.119. The van der Waals surface area contributed by atoms with E-state index in [9.17, 15) is 13.2 Å². The summed E-state index contributed by atoms with van der Waals surface area (Å²) in [6.45, 7) is 7.52. The van der Waals surface area contributed by atoms with E-state index < -0.39 is 15.9 Å². The highest BCUT2D eigenvalue weighted by atomic mass is 32.2. The fraction of sp³-hybridized carbons (Fsp3) is 0.333. The Labute approximate surface area is 148 Å². The molecular formula is C18H23N3O3S. The number of sulfonamides is 1. The summed E-state index contributed by atoms with van der Waals surface area (Å²) in [5, 5.41) is 4.14. The van der Waals surface area contributed by atoms with Gasteiger partial charge in [0, 0.05) is 0 Å². The molecule has 1 aliphatic rings. The van der Waals surface area contributed by atoms with Crippen LogP contribution in [0.4, 0.5) is 0 Å². The van der Waals surface area contributed by atoms with Crippen LogP contribution in [0.25, 0.3) is 0 Å². The van der Waals surface area contributed by atoms with Crippen LogP contribution in [0.1, 0.15) is 26.7 Å². The summed E-state index contributed by atoms with van der Waals surface area (Å²) in [5.41, 5.74) is 5.31. The molecule has 134 valence electrons. The summed E-state index contributed by atoms with van der Waals surface area (Å²) in [6.07, 6.45) is 3.71. The van der Waals surface area contributed by atoms with E-state index in [2.05, 4.69) is 27.9 Å². The van der Waals surface area contributed by atoms with Crippen LogP contribution in [0.15, 0.2) is 64.1 Å². The molecule has 0 unspecified atom stereocenters. The first-order chi connectivity index (χ1) is 11.8. The predicted molar refractivity (Wildman–Crippen MR) is 98.5 cm³/mol. The molecule has 0 fully saturated rings. The largest absolute Gasteiger partial charge is 0.272 e. The summed E-state index contributed by atoms with van der Waals surface area (Å²) in [7, 11) is -3.71. The fourth-order valence-corrected chi connectivity index (χ4v) is 3.44. The number of carbonyl (C=O) groups excluding carboxylic acids is 1. The number of nitrogens with one attached hydrogen (secondary N) is 2. The topological polar surface area (TPSA) is 87.6 Å². The third-order valence-electron chi connectivity index (χ3n) is 4.09. The molecule has 1 aliphatic carbocycles. The third kappa shape index (κ3) is 5.37. The molecule has 2 N–H and O–H groups in total. The Morgan fingerprint density at radius 1 is 1.32 bits per heavy atom. The zero-order chi connectivity index (χ0) is 18.4. The Morgan fingerprint density at radius 3 is 2.64 bits per heavy atom. The van der Waals surface area contributed by atoms with E-state index in [-0.39, 0.29) is 11.4 Å². The number of nitrogens with zero attached hydrogens (tertiary/aromatic N) is 1. The maximum atomic E-state index is 12.1. The molecule has 0 heterocycles. The van der Waals surface area contributed by atoms with Crippen LogP contribution in [-0.2, 0) is 14.8 Å². The molecule has 1 atom stereocenters. The minimum atomic E-state index is -3.71. The average Bonchev–Trinajstić information content (AvgIpc) is 2.60. The van der Waals surface area contributed by atoms with Gasteiger partial charge in [0.1, 0.15) is 0 Å². The van der Waals surface area contributed by atoms with Crippen LogP contribution in [0, 0.1) is 5.92 Å². The van der Waals surface area contributed by atoms with Gasteiger partial charge >= 0.3 is 0 Å². The minimum Gasteiger partial charge on any atom is -0.272 e. The molecule has 1 aromatic rings. The van der Waals surface area contributed by atoms with Crippen molar-refractivity contribution in [2.24, 2.45) is 11.0 Å². The van der Waals surface area contributed by atoms with E-state index >= 15 is 0 Å². The van der Waals surface area contributed by atoms with Crippen molar-refractivity contribution in [1.82, 2.24) is 10.1 Å². The van der Waals surface area contributed by atoms with E-state index in [0.717, 1.165) is 23.3 Å². The summed E-state index contributed by atoms with van der Waals surface area (Å²) in [4.78, 5) is 12.0. The average molecular weight is 361 g/mol. The van der Waals surface area contributed by atoms with Crippen molar-refractivity contribution in [2.45, 2.75) is 31.6 Å². The SMILES string of the molecule is C=C(C)[C@@H]1CC=C(C)C(=NNC(=O)CNS(=O)(=O)c2ccccc2)C1. The number of benzene rings is 1. The molecule has 0 bridgehead atoms. The molecule has 0 aromatic heterocycles. The lowest BCUT2D eigenvalue weighted by atomic mass is 9.85. The van der Waals surface area contributed by atoms with Gasteiger partial charge < -0.3 is 0 Å². The summed E-state index contributed by atoms with van der Waals surface area (Å²) >= 11 is 0. The van der Waals surface area contributed by atoms with Crippen molar-refractivity contribution in [3.8, 4) is 0 Å². The van der Waals surface area contributed by atoms with E-state index in [4.69, 9.17) is 0 Å². The van der Waals surface area contributed by atoms with Gasteiger partial charge in [-0.2, -0.15) is 5.10 Å². The molecule has 2 rings (SSSR count). The Morgan fingerprint density at radius 2 is 2.00 bits per heavy atom. The standard InChI is InChI=1S/C18H23N3O3S/c1-13(2)15-10-9-14(3)17(11-15)20-21-18(22)12-19-25(23,24)16-7-5-4-6-8-16/h4-9,15,19H,1,10-12H2,2-3H3,(H,21,22)/t15-/m1/s1. The normalized spacial score (nSPS) is 19.4. The van der Waals surface area contributed by atoms with Gasteiger partial charge in [0.15, 0.2) is 0 Å². The molecule has 1 amide bonds. The first-order valence-electron chi connectivity index (χ1n) is 8.02. The number of allylic oxidation sites excluding steroid dienone is 3. The number of hydrazone groups is 1.